The van der Waals surface area contributed by atoms with Crippen LogP contribution in [0.15, 0.2) is 61.9 Å². The number of carbonyl (C=O) groups excluding carboxylic acids is 1. The summed E-state index contributed by atoms with van der Waals surface area (Å²) >= 11 is 4.76. The van der Waals surface area contributed by atoms with Gasteiger partial charge in [0.15, 0.2) is 16.3 Å². The van der Waals surface area contributed by atoms with Crippen molar-refractivity contribution in [3.05, 3.63) is 83.0 Å². The lowest BCUT2D eigenvalue weighted by molar-refractivity contribution is -0.139. The molecule has 1 aromatic heterocycles. The van der Waals surface area contributed by atoms with Crippen LogP contribution >= 0.6 is 27.3 Å². The number of rotatable bonds is 9. The van der Waals surface area contributed by atoms with Gasteiger partial charge in [-0.1, -0.05) is 33.3 Å². The molecule has 2 aromatic carbocycles. The van der Waals surface area contributed by atoms with Gasteiger partial charge in [0.05, 0.1) is 48.3 Å². The van der Waals surface area contributed by atoms with Crippen LogP contribution in [0.5, 0.6) is 17.2 Å². The third-order valence-electron chi connectivity index (χ3n) is 5.94. The van der Waals surface area contributed by atoms with Crippen molar-refractivity contribution in [2.45, 2.75) is 46.8 Å². The van der Waals surface area contributed by atoms with Crippen molar-refractivity contribution in [1.29, 1.82) is 0 Å². The van der Waals surface area contributed by atoms with E-state index in [-0.39, 0.29) is 18.3 Å². The van der Waals surface area contributed by atoms with Crippen LogP contribution in [-0.2, 0) is 9.53 Å². The quantitative estimate of drug-likeness (QED) is 0.323. The first-order valence-corrected chi connectivity index (χ1v) is 14.3. The Hall–Kier alpha value is -3.37. The number of aromatic nitrogens is 1. The van der Waals surface area contributed by atoms with E-state index in [1.54, 1.807) is 43.7 Å². The topological polar surface area (TPSA) is 88.4 Å². The molecule has 0 spiro atoms. The molecule has 206 valence electrons. The summed E-state index contributed by atoms with van der Waals surface area (Å²) in [5.41, 5.74) is 1.94. The minimum Gasteiger partial charge on any atom is -0.493 e. The molecule has 1 aliphatic heterocycles. The van der Waals surface area contributed by atoms with Gasteiger partial charge >= 0.3 is 5.97 Å². The second-order valence-corrected chi connectivity index (χ2v) is 10.9. The molecule has 1 unspecified atom stereocenters. The predicted octanol–water partition coefficient (Wildman–Crippen LogP) is 4.76. The fourth-order valence-electron chi connectivity index (χ4n) is 4.37. The van der Waals surface area contributed by atoms with E-state index >= 15 is 0 Å². The van der Waals surface area contributed by atoms with E-state index in [1.807, 2.05) is 45.0 Å². The summed E-state index contributed by atoms with van der Waals surface area (Å²) < 4.78 is 25.5. The Bertz CT molecular complexity index is 1600. The van der Waals surface area contributed by atoms with Gasteiger partial charge in [-0.2, -0.15) is 0 Å². The fraction of sp³-hybridized carbons (Fsp3) is 0.345. The van der Waals surface area contributed by atoms with Crippen molar-refractivity contribution >= 4 is 39.3 Å². The van der Waals surface area contributed by atoms with E-state index in [4.69, 9.17) is 18.9 Å². The molecule has 10 heteroatoms. The highest BCUT2D eigenvalue weighted by Gasteiger charge is 2.34. The molecule has 8 nitrogen and oxygen atoms in total. The zero-order chi connectivity index (χ0) is 28.3. The minimum absolute atomic E-state index is 0.0562. The molecule has 0 amide bonds. The van der Waals surface area contributed by atoms with Gasteiger partial charge in [-0.05, 0) is 76.6 Å². The number of hydrogen-bond donors (Lipinski definition) is 0. The summed E-state index contributed by atoms with van der Waals surface area (Å²) in [6.45, 7) is 9.95. The molecule has 3 aromatic rings. The van der Waals surface area contributed by atoms with Crippen LogP contribution in [0.3, 0.4) is 0 Å². The van der Waals surface area contributed by atoms with Gasteiger partial charge in [0.25, 0.3) is 5.56 Å². The summed E-state index contributed by atoms with van der Waals surface area (Å²) in [5.74, 6) is 1.21. The van der Waals surface area contributed by atoms with Crippen molar-refractivity contribution in [2.75, 3.05) is 20.3 Å². The monoisotopic (exact) mass is 614 g/mol. The number of thiazole rings is 1. The van der Waals surface area contributed by atoms with Gasteiger partial charge in [0.2, 0.25) is 0 Å². The number of allylic oxidation sites excluding steroid dienone is 1. The number of ether oxygens (including phenoxy) is 4. The molecule has 0 saturated heterocycles. The van der Waals surface area contributed by atoms with Gasteiger partial charge in [-0.3, -0.25) is 9.36 Å². The highest BCUT2D eigenvalue weighted by Crippen LogP contribution is 2.36. The minimum atomic E-state index is -0.765. The largest absolute Gasteiger partial charge is 0.493 e. The van der Waals surface area contributed by atoms with Crippen molar-refractivity contribution in [2.24, 2.45) is 4.99 Å². The molecule has 0 radical (unpaired) electrons. The Morgan fingerprint density at radius 2 is 1.87 bits per heavy atom. The second kappa shape index (κ2) is 12.2. The third-order valence-corrected chi connectivity index (χ3v) is 7.42. The van der Waals surface area contributed by atoms with Gasteiger partial charge in [0.1, 0.15) is 5.75 Å². The second-order valence-electron chi connectivity index (χ2n) is 8.99. The highest BCUT2D eigenvalue weighted by atomic mass is 79.9. The van der Waals surface area contributed by atoms with Gasteiger partial charge in [-0.15, -0.1) is 0 Å². The maximum absolute atomic E-state index is 14.0. The number of fused-ring (bicyclic) bond motifs is 1. The summed E-state index contributed by atoms with van der Waals surface area (Å²) in [4.78, 5) is 32.3. The van der Waals surface area contributed by atoms with E-state index in [1.165, 1.54) is 11.3 Å². The molecular weight excluding hydrogens is 584 g/mol. The number of benzene rings is 2. The lowest BCUT2D eigenvalue weighted by atomic mass is 9.95. The van der Waals surface area contributed by atoms with E-state index in [0.717, 1.165) is 10.0 Å². The molecular formula is C29H31BrN2O6S. The van der Waals surface area contributed by atoms with Crippen LogP contribution in [0.2, 0.25) is 0 Å². The highest BCUT2D eigenvalue weighted by molar-refractivity contribution is 9.10. The van der Waals surface area contributed by atoms with Gasteiger partial charge < -0.3 is 18.9 Å². The van der Waals surface area contributed by atoms with Gasteiger partial charge in [0, 0.05) is 10.0 Å². The molecule has 0 bridgehead atoms. The predicted molar refractivity (Wildman–Crippen MR) is 154 cm³/mol. The Morgan fingerprint density at radius 3 is 2.54 bits per heavy atom. The molecule has 2 heterocycles. The van der Waals surface area contributed by atoms with Crippen LogP contribution in [0.4, 0.5) is 0 Å². The SMILES string of the molecule is CCOC(=O)C1=C(C)N=c2sc(=Cc3cc(Br)ccc3OCC)c(=O)n2C1c1ccc(OC(C)C)c(OC)c1. The summed E-state index contributed by atoms with van der Waals surface area (Å²) in [7, 11) is 1.55. The zero-order valence-electron chi connectivity index (χ0n) is 22.7. The first-order valence-electron chi connectivity index (χ1n) is 12.6. The first kappa shape index (κ1) is 28.6. The number of esters is 1. The number of carbonyl (C=O) groups is 1. The average Bonchev–Trinajstić information content (AvgIpc) is 3.19. The maximum atomic E-state index is 14.0. The smallest absolute Gasteiger partial charge is 0.338 e. The first-order chi connectivity index (χ1) is 18.7. The van der Waals surface area contributed by atoms with Crippen molar-refractivity contribution in [3.8, 4) is 17.2 Å². The van der Waals surface area contributed by atoms with Crippen LogP contribution in [-0.4, -0.2) is 37.0 Å². The van der Waals surface area contributed by atoms with E-state index in [2.05, 4.69) is 20.9 Å². The van der Waals surface area contributed by atoms with E-state index < -0.39 is 12.0 Å². The normalized spacial score (nSPS) is 15.2. The summed E-state index contributed by atoms with van der Waals surface area (Å²) in [6.07, 6.45) is 1.74. The molecule has 1 aliphatic rings. The van der Waals surface area contributed by atoms with E-state index in [0.29, 0.717) is 50.0 Å². The fourth-order valence-corrected chi connectivity index (χ4v) is 5.79. The molecule has 4 rings (SSSR count). The van der Waals surface area contributed by atoms with Gasteiger partial charge in [-0.25, -0.2) is 9.79 Å². The molecule has 0 fully saturated rings. The number of halogens is 1. The van der Waals surface area contributed by atoms with Crippen LogP contribution in [0.25, 0.3) is 6.08 Å². The molecule has 0 aliphatic carbocycles. The molecule has 39 heavy (non-hydrogen) atoms. The van der Waals surface area contributed by atoms with Crippen LogP contribution in [0, 0.1) is 0 Å². The average molecular weight is 616 g/mol. The van der Waals surface area contributed by atoms with Crippen LogP contribution in [0.1, 0.15) is 51.8 Å². The Labute approximate surface area is 239 Å². The summed E-state index contributed by atoms with van der Waals surface area (Å²) in [5, 5.41) is 0. The maximum Gasteiger partial charge on any atom is 0.338 e. The van der Waals surface area contributed by atoms with Crippen molar-refractivity contribution in [3.63, 3.8) is 0 Å². The third kappa shape index (κ3) is 5.96. The zero-order valence-corrected chi connectivity index (χ0v) is 25.1. The van der Waals surface area contributed by atoms with Crippen molar-refractivity contribution < 1.29 is 23.7 Å². The molecule has 0 saturated carbocycles. The van der Waals surface area contributed by atoms with Crippen molar-refractivity contribution in [1.82, 2.24) is 4.57 Å². The number of hydrogen-bond acceptors (Lipinski definition) is 8. The van der Waals surface area contributed by atoms with Crippen LogP contribution < -0.4 is 29.1 Å². The lowest BCUT2D eigenvalue weighted by Gasteiger charge is -2.25. The number of nitrogens with zero attached hydrogens (tertiary/aromatic N) is 2. The Balaban J connectivity index is 1.96. The lowest BCUT2D eigenvalue weighted by Crippen LogP contribution is -2.40. The summed E-state index contributed by atoms with van der Waals surface area (Å²) in [6, 6.07) is 10.3. The Kier molecular flexibility index (Phi) is 8.97. The Morgan fingerprint density at radius 1 is 1.13 bits per heavy atom. The molecule has 1 atom stereocenters. The van der Waals surface area contributed by atoms with E-state index in [9.17, 15) is 9.59 Å². The molecule has 0 N–H and O–H groups in total. The number of methoxy groups -OCH3 is 1. The standard InChI is InChI=1S/C29H31BrN2O6S/c1-7-36-21-12-10-20(30)13-19(21)15-24-27(33)32-26(18-9-11-22(38-16(3)4)23(14-18)35-6)25(28(34)37-8-2)17(5)31-29(32)39-24/h9-16,26H,7-8H2,1-6H3.